The number of hydrogen-bond donors (Lipinski definition) is 1. The minimum absolute atomic E-state index is 0.208. The summed E-state index contributed by atoms with van der Waals surface area (Å²) in [6.45, 7) is 6.32. The van der Waals surface area contributed by atoms with Gasteiger partial charge in [-0.2, -0.15) is 0 Å². The maximum absolute atomic E-state index is 11.5. The number of carbonyl (C=O) groups is 1. The summed E-state index contributed by atoms with van der Waals surface area (Å²) < 4.78 is 0. The lowest BCUT2D eigenvalue weighted by atomic mass is 9.97. The van der Waals surface area contributed by atoms with E-state index < -0.39 is 0 Å². The summed E-state index contributed by atoms with van der Waals surface area (Å²) in [4.78, 5) is 11.5. The number of rotatable bonds is 3. The van der Waals surface area contributed by atoms with Crippen molar-refractivity contribution in [3.8, 4) is 0 Å². The van der Waals surface area contributed by atoms with Crippen LogP contribution in [0.15, 0.2) is 12.7 Å². The molecule has 1 aliphatic rings. The fraction of sp³-hybridized carbons (Fsp3) is 0.700. The molecule has 0 heterocycles. The van der Waals surface area contributed by atoms with Crippen LogP contribution in [0.3, 0.4) is 0 Å². The van der Waals surface area contributed by atoms with Gasteiger partial charge in [-0.15, -0.1) is 6.58 Å². The average Bonchev–Trinajstić information content (AvgIpc) is 2.47. The molecule has 0 bridgehead atoms. The zero-order valence-corrected chi connectivity index (χ0v) is 7.68. The molecule has 1 saturated carbocycles. The van der Waals surface area contributed by atoms with Crippen LogP contribution in [0, 0.1) is 11.8 Å². The van der Waals surface area contributed by atoms with Crippen molar-refractivity contribution in [1.82, 2.24) is 5.32 Å². The van der Waals surface area contributed by atoms with Gasteiger partial charge < -0.3 is 5.32 Å². The topological polar surface area (TPSA) is 29.1 Å². The Hall–Kier alpha value is -0.790. The van der Waals surface area contributed by atoms with Crippen molar-refractivity contribution in [1.29, 1.82) is 0 Å². The van der Waals surface area contributed by atoms with Gasteiger partial charge in [0.05, 0.1) is 0 Å². The van der Waals surface area contributed by atoms with Crippen LogP contribution in [-0.2, 0) is 4.79 Å². The second-order valence-corrected chi connectivity index (χ2v) is 3.55. The molecular weight excluding hydrogens is 150 g/mol. The van der Waals surface area contributed by atoms with Crippen molar-refractivity contribution in [2.75, 3.05) is 6.54 Å². The summed E-state index contributed by atoms with van der Waals surface area (Å²) in [6.07, 6.45) is 5.18. The fourth-order valence-electron chi connectivity index (χ4n) is 1.84. The van der Waals surface area contributed by atoms with Gasteiger partial charge in [0.15, 0.2) is 0 Å². The van der Waals surface area contributed by atoms with Gasteiger partial charge in [0.25, 0.3) is 0 Å². The molecule has 12 heavy (non-hydrogen) atoms. The lowest BCUT2D eigenvalue weighted by Gasteiger charge is -2.13. The number of amides is 1. The van der Waals surface area contributed by atoms with E-state index in [9.17, 15) is 4.79 Å². The first kappa shape index (κ1) is 9.30. The summed E-state index contributed by atoms with van der Waals surface area (Å²) in [6, 6.07) is 0. The molecule has 0 spiro atoms. The van der Waals surface area contributed by atoms with Crippen LogP contribution in [0.4, 0.5) is 0 Å². The lowest BCUT2D eigenvalue weighted by Crippen LogP contribution is -2.31. The number of carbonyl (C=O) groups excluding carboxylic acids is 1. The fourth-order valence-corrected chi connectivity index (χ4v) is 1.84. The summed E-state index contributed by atoms with van der Waals surface area (Å²) in [5, 5.41) is 2.85. The smallest absolute Gasteiger partial charge is 0.223 e. The zero-order valence-electron chi connectivity index (χ0n) is 7.68. The Morgan fingerprint density at radius 2 is 2.42 bits per heavy atom. The normalized spacial score (nSPS) is 28.4. The van der Waals surface area contributed by atoms with E-state index in [0.717, 1.165) is 6.42 Å². The van der Waals surface area contributed by atoms with Crippen LogP contribution in [0.25, 0.3) is 0 Å². The van der Waals surface area contributed by atoms with E-state index in [1.165, 1.54) is 12.8 Å². The molecule has 0 aromatic carbocycles. The first-order chi connectivity index (χ1) is 5.75. The van der Waals surface area contributed by atoms with Crippen molar-refractivity contribution in [3.63, 3.8) is 0 Å². The molecule has 1 aliphatic carbocycles. The average molecular weight is 167 g/mol. The highest BCUT2D eigenvalue weighted by Crippen LogP contribution is 2.30. The summed E-state index contributed by atoms with van der Waals surface area (Å²) >= 11 is 0. The van der Waals surface area contributed by atoms with Gasteiger partial charge in [0.1, 0.15) is 0 Å². The Morgan fingerprint density at radius 3 is 2.92 bits per heavy atom. The van der Waals surface area contributed by atoms with E-state index >= 15 is 0 Å². The molecule has 2 unspecified atom stereocenters. The van der Waals surface area contributed by atoms with Crippen LogP contribution < -0.4 is 5.32 Å². The molecule has 2 nitrogen and oxygen atoms in total. The monoisotopic (exact) mass is 167 g/mol. The molecule has 2 heteroatoms. The van der Waals surface area contributed by atoms with Gasteiger partial charge in [0.2, 0.25) is 5.91 Å². The highest BCUT2D eigenvalue weighted by atomic mass is 16.1. The summed E-state index contributed by atoms with van der Waals surface area (Å²) in [5.41, 5.74) is 0. The first-order valence-electron chi connectivity index (χ1n) is 4.64. The molecule has 0 aromatic rings. The van der Waals surface area contributed by atoms with Gasteiger partial charge in [0, 0.05) is 12.5 Å². The largest absolute Gasteiger partial charge is 0.352 e. The minimum atomic E-state index is 0.208. The predicted octanol–water partition coefficient (Wildman–Crippen LogP) is 1.72. The van der Waals surface area contributed by atoms with E-state index in [0.29, 0.717) is 12.5 Å². The SMILES string of the molecule is C=CCNC(=O)C1CCCC1C. The van der Waals surface area contributed by atoms with E-state index in [-0.39, 0.29) is 11.8 Å². The van der Waals surface area contributed by atoms with Crippen LogP contribution in [0.5, 0.6) is 0 Å². The molecule has 1 rings (SSSR count). The Labute approximate surface area is 74.0 Å². The van der Waals surface area contributed by atoms with Crippen molar-refractivity contribution in [3.05, 3.63) is 12.7 Å². The van der Waals surface area contributed by atoms with Crippen molar-refractivity contribution < 1.29 is 4.79 Å². The van der Waals surface area contributed by atoms with Crippen LogP contribution in [0.2, 0.25) is 0 Å². The van der Waals surface area contributed by atoms with Gasteiger partial charge in [-0.1, -0.05) is 19.4 Å². The van der Waals surface area contributed by atoms with Crippen LogP contribution >= 0.6 is 0 Å². The van der Waals surface area contributed by atoms with E-state index in [2.05, 4.69) is 18.8 Å². The Bertz CT molecular complexity index is 177. The zero-order chi connectivity index (χ0) is 8.97. The molecule has 1 amide bonds. The van der Waals surface area contributed by atoms with Crippen molar-refractivity contribution in [2.24, 2.45) is 11.8 Å². The third kappa shape index (κ3) is 2.10. The molecule has 2 atom stereocenters. The second kappa shape index (κ2) is 4.29. The van der Waals surface area contributed by atoms with Crippen LogP contribution in [-0.4, -0.2) is 12.5 Å². The van der Waals surface area contributed by atoms with E-state index in [1.54, 1.807) is 6.08 Å². The maximum Gasteiger partial charge on any atom is 0.223 e. The molecule has 0 radical (unpaired) electrons. The van der Waals surface area contributed by atoms with Crippen LogP contribution in [0.1, 0.15) is 26.2 Å². The molecule has 1 N–H and O–H groups in total. The highest BCUT2D eigenvalue weighted by molar-refractivity contribution is 5.79. The molecule has 0 saturated heterocycles. The number of nitrogens with one attached hydrogen (secondary N) is 1. The third-order valence-corrected chi connectivity index (χ3v) is 2.62. The van der Waals surface area contributed by atoms with Gasteiger partial charge in [-0.25, -0.2) is 0 Å². The lowest BCUT2D eigenvalue weighted by molar-refractivity contribution is -0.125. The van der Waals surface area contributed by atoms with Crippen molar-refractivity contribution in [2.45, 2.75) is 26.2 Å². The maximum atomic E-state index is 11.5. The number of hydrogen-bond acceptors (Lipinski definition) is 1. The predicted molar refractivity (Wildman–Crippen MR) is 49.7 cm³/mol. The van der Waals surface area contributed by atoms with Gasteiger partial charge in [-0.3, -0.25) is 4.79 Å². The Kier molecular flexibility index (Phi) is 3.32. The van der Waals surface area contributed by atoms with Gasteiger partial charge in [-0.05, 0) is 18.8 Å². The summed E-state index contributed by atoms with van der Waals surface area (Å²) in [7, 11) is 0. The Balaban J connectivity index is 2.35. The van der Waals surface area contributed by atoms with E-state index in [1.807, 2.05) is 0 Å². The summed E-state index contributed by atoms with van der Waals surface area (Å²) in [5.74, 6) is 1.03. The van der Waals surface area contributed by atoms with Gasteiger partial charge >= 0.3 is 0 Å². The third-order valence-electron chi connectivity index (χ3n) is 2.62. The standard InChI is InChI=1S/C10H17NO/c1-3-7-11-10(12)9-6-4-5-8(9)2/h3,8-9H,1,4-7H2,2H3,(H,11,12). The van der Waals surface area contributed by atoms with E-state index in [4.69, 9.17) is 0 Å². The second-order valence-electron chi connectivity index (χ2n) is 3.55. The Morgan fingerprint density at radius 1 is 1.67 bits per heavy atom. The molecule has 0 aliphatic heterocycles. The first-order valence-corrected chi connectivity index (χ1v) is 4.64. The minimum Gasteiger partial charge on any atom is -0.352 e. The quantitative estimate of drug-likeness (QED) is 0.637. The highest BCUT2D eigenvalue weighted by Gasteiger charge is 2.28. The molecule has 0 aromatic heterocycles. The molecule has 68 valence electrons. The van der Waals surface area contributed by atoms with Crippen molar-refractivity contribution >= 4 is 5.91 Å². The molecule has 1 fully saturated rings. The molecular formula is C10H17NO.